The lowest BCUT2D eigenvalue weighted by molar-refractivity contribution is 0.0945. The second kappa shape index (κ2) is 7.88. The molecule has 24 heavy (non-hydrogen) atoms. The van der Waals surface area contributed by atoms with Crippen LogP contribution in [-0.4, -0.2) is 62.0 Å². The van der Waals surface area contributed by atoms with Gasteiger partial charge in [-0.1, -0.05) is 12.1 Å². The van der Waals surface area contributed by atoms with E-state index in [1.54, 1.807) is 12.1 Å². The van der Waals surface area contributed by atoms with Crippen LogP contribution in [-0.2, 0) is 0 Å². The summed E-state index contributed by atoms with van der Waals surface area (Å²) in [5.41, 5.74) is 1.72. The van der Waals surface area contributed by atoms with E-state index in [0.717, 1.165) is 43.9 Å². The van der Waals surface area contributed by atoms with Gasteiger partial charge in [-0.3, -0.25) is 9.69 Å². The van der Waals surface area contributed by atoms with E-state index in [-0.39, 0.29) is 11.7 Å². The molecular formula is C18H22FN3OS. The topological polar surface area (TPSA) is 35.6 Å². The van der Waals surface area contributed by atoms with Gasteiger partial charge in [0.2, 0.25) is 0 Å². The molecule has 128 valence electrons. The van der Waals surface area contributed by atoms with Gasteiger partial charge >= 0.3 is 0 Å². The summed E-state index contributed by atoms with van der Waals surface area (Å²) in [4.78, 5) is 17.8. The van der Waals surface area contributed by atoms with Crippen LogP contribution >= 0.6 is 11.3 Å². The maximum absolute atomic E-state index is 13.1. The zero-order valence-corrected chi connectivity index (χ0v) is 14.6. The van der Waals surface area contributed by atoms with Crippen LogP contribution in [0.15, 0.2) is 35.7 Å². The summed E-state index contributed by atoms with van der Waals surface area (Å²) < 4.78 is 13.1. The van der Waals surface area contributed by atoms with Crippen LogP contribution < -0.4 is 5.32 Å². The van der Waals surface area contributed by atoms with Crippen LogP contribution in [0.4, 0.5) is 4.39 Å². The average Bonchev–Trinajstić information content (AvgIpc) is 3.07. The molecule has 6 heteroatoms. The first kappa shape index (κ1) is 17.1. The highest BCUT2D eigenvalue weighted by atomic mass is 32.1. The Bertz CT molecular complexity index is 678. The van der Waals surface area contributed by atoms with Gasteiger partial charge in [0.1, 0.15) is 5.82 Å². The Balaban J connectivity index is 1.56. The van der Waals surface area contributed by atoms with Crippen molar-refractivity contribution in [3.63, 3.8) is 0 Å². The first-order valence-corrected chi connectivity index (χ1v) is 9.04. The van der Waals surface area contributed by atoms with Crippen molar-refractivity contribution >= 4 is 17.2 Å². The lowest BCUT2D eigenvalue weighted by Crippen LogP contribution is -2.46. The molecule has 1 aliphatic heterocycles. The molecule has 3 rings (SSSR count). The third kappa shape index (κ3) is 4.20. The smallest absolute Gasteiger partial charge is 0.262 e. The second-order valence-electron chi connectivity index (χ2n) is 6.07. The fourth-order valence-corrected chi connectivity index (χ4v) is 3.65. The van der Waals surface area contributed by atoms with Crippen molar-refractivity contribution in [1.29, 1.82) is 0 Å². The Labute approximate surface area is 145 Å². The number of hydrogen-bond acceptors (Lipinski definition) is 4. The lowest BCUT2D eigenvalue weighted by Gasteiger charge is -2.32. The van der Waals surface area contributed by atoms with Gasteiger partial charge < -0.3 is 10.2 Å². The molecule has 1 saturated heterocycles. The molecule has 0 saturated carbocycles. The molecule has 1 N–H and O–H groups in total. The Morgan fingerprint density at radius 3 is 2.58 bits per heavy atom. The molecule has 0 aliphatic carbocycles. The first-order chi connectivity index (χ1) is 11.6. The van der Waals surface area contributed by atoms with E-state index in [4.69, 9.17) is 0 Å². The van der Waals surface area contributed by atoms with Crippen LogP contribution in [0.2, 0.25) is 0 Å². The molecule has 2 aromatic rings. The van der Waals surface area contributed by atoms with Crippen molar-refractivity contribution in [1.82, 2.24) is 15.1 Å². The van der Waals surface area contributed by atoms with Crippen molar-refractivity contribution in [2.24, 2.45) is 0 Å². The molecule has 1 amide bonds. The van der Waals surface area contributed by atoms with Gasteiger partial charge in [-0.05, 0) is 36.2 Å². The molecule has 1 aromatic heterocycles. The van der Waals surface area contributed by atoms with Crippen molar-refractivity contribution in [3.8, 4) is 11.1 Å². The number of thiophene rings is 1. The monoisotopic (exact) mass is 347 g/mol. The number of likely N-dealkylation sites (N-methyl/N-ethyl adjacent to an activating group) is 1. The quantitative estimate of drug-likeness (QED) is 0.903. The minimum absolute atomic E-state index is 0.0570. The second-order valence-corrected chi connectivity index (χ2v) is 6.99. The predicted octanol–water partition coefficient (Wildman–Crippen LogP) is 2.53. The van der Waals surface area contributed by atoms with E-state index in [1.165, 1.54) is 23.5 Å². The summed E-state index contributed by atoms with van der Waals surface area (Å²) in [6.07, 6.45) is 0. The molecule has 0 atom stereocenters. The van der Waals surface area contributed by atoms with Crippen molar-refractivity contribution < 1.29 is 9.18 Å². The Hall–Kier alpha value is -1.76. The molecule has 4 nitrogen and oxygen atoms in total. The summed E-state index contributed by atoms with van der Waals surface area (Å²) in [6, 6.07) is 8.16. The maximum Gasteiger partial charge on any atom is 0.262 e. The third-order valence-electron chi connectivity index (χ3n) is 4.34. The van der Waals surface area contributed by atoms with Crippen LogP contribution in [0.1, 0.15) is 9.67 Å². The van der Waals surface area contributed by atoms with Crippen LogP contribution in [0.5, 0.6) is 0 Å². The number of nitrogens with zero attached hydrogens (tertiary/aromatic N) is 2. The van der Waals surface area contributed by atoms with E-state index in [0.29, 0.717) is 11.4 Å². The first-order valence-electron chi connectivity index (χ1n) is 8.16. The van der Waals surface area contributed by atoms with Gasteiger partial charge in [-0.15, -0.1) is 11.3 Å². The normalized spacial score (nSPS) is 16.2. The molecule has 0 bridgehead atoms. The number of halogens is 1. The largest absolute Gasteiger partial charge is 0.350 e. The molecule has 0 spiro atoms. The summed E-state index contributed by atoms with van der Waals surface area (Å²) in [5.74, 6) is -0.328. The summed E-state index contributed by atoms with van der Waals surface area (Å²) in [6.45, 7) is 5.76. The van der Waals surface area contributed by atoms with E-state index in [2.05, 4.69) is 22.2 Å². The highest BCUT2D eigenvalue weighted by Gasteiger charge is 2.16. The Morgan fingerprint density at radius 2 is 1.88 bits per heavy atom. The van der Waals surface area contributed by atoms with E-state index in [9.17, 15) is 9.18 Å². The summed E-state index contributed by atoms with van der Waals surface area (Å²) in [7, 11) is 2.13. The van der Waals surface area contributed by atoms with Crippen molar-refractivity contribution in [3.05, 3.63) is 46.4 Å². The predicted molar refractivity (Wildman–Crippen MR) is 96.0 cm³/mol. The van der Waals surface area contributed by atoms with Gasteiger partial charge in [0, 0.05) is 44.8 Å². The van der Waals surface area contributed by atoms with Gasteiger partial charge in [-0.2, -0.15) is 0 Å². The number of rotatable bonds is 5. The fourth-order valence-electron chi connectivity index (χ4n) is 2.82. The highest BCUT2D eigenvalue weighted by Crippen LogP contribution is 2.28. The molecule has 0 radical (unpaired) electrons. The molecule has 2 heterocycles. The molecule has 1 aromatic carbocycles. The van der Waals surface area contributed by atoms with Crippen LogP contribution in [0, 0.1) is 5.82 Å². The molecule has 1 fully saturated rings. The number of piperazine rings is 1. The van der Waals surface area contributed by atoms with E-state index >= 15 is 0 Å². The van der Waals surface area contributed by atoms with Crippen LogP contribution in [0.25, 0.3) is 11.1 Å². The summed E-state index contributed by atoms with van der Waals surface area (Å²) in [5, 5.41) is 4.90. The fraction of sp³-hybridized carbons (Fsp3) is 0.389. The Morgan fingerprint density at radius 1 is 1.17 bits per heavy atom. The average molecular weight is 347 g/mol. The van der Waals surface area contributed by atoms with Crippen LogP contribution in [0.3, 0.4) is 0 Å². The number of carbonyl (C=O) groups excluding carboxylic acids is 1. The molecule has 0 unspecified atom stereocenters. The number of hydrogen-bond donors (Lipinski definition) is 1. The van der Waals surface area contributed by atoms with Gasteiger partial charge in [0.05, 0.1) is 4.88 Å². The third-order valence-corrected chi connectivity index (χ3v) is 5.25. The minimum Gasteiger partial charge on any atom is -0.350 e. The molecular weight excluding hydrogens is 325 g/mol. The van der Waals surface area contributed by atoms with Gasteiger partial charge in [-0.25, -0.2) is 4.39 Å². The molecule has 1 aliphatic rings. The minimum atomic E-state index is -0.271. The number of carbonyl (C=O) groups is 1. The standard InChI is InChI=1S/C18H22FN3OS/c1-21-9-11-22(12-10-21)8-7-20-18(23)17-16(6-13-24-17)14-2-4-15(19)5-3-14/h2-6,13H,7-12H2,1H3,(H,20,23). The lowest BCUT2D eigenvalue weighted by atomic mass is 10.1. The van der Waals surface area contributed by atoms with Gasteiger partial charge in [0.25, 0.3) is 5.91 Å². The number of nitrogens with one attached hydrogen (secondary N) is 1. The highest BCUT2D eigenvalue weighted by molar-refractivity contribution is 7.12. The summed E-state index contributed by atoms with van der Waals surface area (Å²) >= 11 is 1.42. The van der Waals surface area contributed by atoms with Crippen molar-refractivity contribution in [2.75, 3.05) is 46.3 Å². The van der Waals surface area contributed by atoms with E-state index in [1.807, 2.05) is 11.4 Å². The zero-order valence-electron chi connectivity index (χ0n) is 13.8. The SMILES string of the molecule is CN1CCN(CCNC(=O)c2sccc2-c2ccc(F)cc2)CC1. The Kier molecular flexibility index (Phi) is 5.60. The van der Waals surface area contributed by atoms with E-state index < -0.39 is 0 Å². The van der Waals surface area contributed by atoms with Gasteiger partial charge in [0.15, 0.2) is 0 Å². The number of amides is 1. The zero-order chi connectivity index (χ0) is 16.9. The number of benzene rings is 1. The maximum atomic E-state index is 13.1. The van der Waals surface area contributed by atoms with Crippen molar-refractivity contribution in [2.45, 2.75) is 0 Å².